The van der Waals surface area contributed by atoms with Crippen LogP contribution in [0.5, 0.6) is 0 Å². The Labute approximate surface area is 161 Å². The highest BCUT2D eigenvalue weighted by atomic mass is 19.4. The number of aromatic amines is 1. The van der Waals surface area contributed by atoms with Crippen LogP contribution in [-0.4, -0.2) is 27.8 Å². The van der Waals surface area contributed by atoms with E-state index < -0.39 is 58.5 Å². The molecule has 152 valence electrons. The fourth-order valence-corrected chi connectivity index (χ4v) is 3.31. The van der Waals surface area contributed by atoms with Crippen LogP contribution in [0.15, 0.2) is 42.7 Å². The molecule has 1 heterocycles. The third-order valence-corrected chi connectivity index (χ3v) is 4.48. The summed E-state index contributed by atoms with van der Waals surface area (Å²) in [6.07, 6.45) is -2.73. The molecule has 0 unspecified atom stereocenters. The first-order valence-electron chi connectivity index (χ1n) is 8.24. The number of aliphatic hydroxyl groups excluding tert-OH is 1. The molecule has 0 bridgehead atoms. The van der Waals surface area contributed by atoms with E-state index >= 15 is 0 Å². The van der Waals surface area contributed by atoms with Crippen LogP contribution in [0.2, 0.25) is 0 Å². The molecule has 1 atom stereocenters. The van der Waals surface area contributed by atoms with Crippen molar-refractivity contribution >= 4 is 5.91 Å². The largest absolute Gasteiger partial charge is 0.417 e. The number of amides is 1. The van der Waals surface area contributed by atoms with Crippen LogP contribution in [0.4, 0.5) is 22.0 Å². The Morgan fingerprint density at radius 3 is 2.28 bits per heavy atom. The van der Waals surface area contributed by atoms with Gasteiger partial charge in [-0.2, -0.15) is 18.3 Å². The molecule has 5 nitrogen and oxygen atoms in total. The van der Waals surface area contributed by atoms with Crippen LogP contribution >= 0.6 is 0 Å². The van der Waals surface area contributed by atoms with E-state index in [1.165, 1.54) is 6.20 Å². The number of halogens is 5. The van der Waals surface area contributed by atoms with Crippen LogP contribution in [0, 0.1) is 11.6 Å². The maximum absolute atomic E-state index is 14.3. The molecule has 3 rings (SSSR count). The molecule has 0 radical (unpaired) electrons. The number of aromatic nitrogens is 2. The van der Waals surface area contributed by atoms with E-state index in [9.17, 15) is 31.9 Å². The maximum atomic E-state index is 14.3. The topological polar surface area (TPSA) is 92.0 Å². The van der Waals surface area contributed by atoms with Crippen molar-refractivity contribution in [3.8, 4) is 11.1 Å². The lowest BCUT2D eigenvalue weighted by atomic mass is 9.81. The van der Waals surface area contributed by atoms with E-state index in [-0.39, 0.29) is 11.1 Å². The van der Waals surface area contributed by atoms with Gasteiger partial charge >= 0.3 is 6.18 Å². The van der Waals surface area contributed by atoms with Gasteiger partial charge in [0, 0.05) is 28.8 Å². The van der Waals surface area contributed by atoms with Crippen molar-refractivity contribution in [2.75, 3.05) is 6.61 Å². The van der Waals surface area contributed by atoms with E-state index in [2.05, 4.69) is 10.2 Å². The third kappa shape index (κ3) is 3.70. The first kappa shape index (κ1) is 20.5. The Balaban J connectivity index is 2.45. The second kappa shape index (κ2) is 7.63. The lowest BCUT2D eigenvalue weighted by Gasteiger charge is -2.25. The molecule has 0 aliphatic heterocycles. The number of H-pyrrole nitrogens is 1. The van der Waals surface area contributed by atoms with Gasteiger partial charge in [0.25, 0.3) is 0 Å². The highest BCUT2D eigenvalue weighted by molar-refractivity contribution is 5.96. The van der Waals surface area contributed by atoms with Gasteiger partial charge in [0.2, 0.25) is 5.91 Å². The van der Waals surface area contributed by atoms with Crippen LogP contribution < -0.4 is 5.73 Å². The Bertz CT molecular complexity index is 1030. The summed E-state index contributed by atoms with van der Waals surface area (Å²) < 4.78 is 71.0. The second-order valence-corrected chi connectivity index (χ2v) is 6.17. The van der Waals surface area contributed by atoms with Crippen molar-refractivity contribution in [1.82, 2.24) is 10.2 Å². The number of benzene rings is 2. The van der Waals surface area contributed by atoms with E-state index in [1.807, 2.05) is 0 Å². The summed E-state index contributed by atoms with van der Waals surface area (Å²) >= 11 is 0. The Hall–Kier alpha value is -3.27. The number of nitrogens with two attached hydrogens (primary N) is 1. The van der Waals surface area contributed by atoms with E-state index in [0.29, 0.717) is 0 Å². The zero-order valence-electron chi connectivity index (χ0n) is 14.6. The van der Waals surface area contributed by atoms with Gasteiger partial charge < -0.3 is 10.8 Å². The zero-order chi connectivity index (χ0) is 21.3. The maximum Gasteiger partial charge on any atom is 0.417 e. The fraction of sp³-hybridized carbons (Fsp3) is 0.158. The summed E-state index contributed by atoms with van der Waals surface area (Å²) in [6, 6.07) is 4.76. The Morgan fingerprint density at radius 1 is 1.14 bits per heavy atom. The van der Waals surface area contributed by atoms with Crippen molar-refractivity contribution in [2.24, 2.45) is 5.73 Å². The van der Waals surface area contributed by atoms with Gasteiger partial charge in [0.15, 0.2) is 0 Å². The van der Waals surface area contributed by atoms with Crippen molar-refractivity contribution in [3.05, 3.63) is 76.6 Å². The zero-order valence-corrected chi connectivity index (χ0v) is 14.6. The van der Waals surface area contributed by atoms with Crippen LogP contribution in [0.1, 0.15) is 33.0 Å². The molecule has 0 fully saturated rings. The summed E-state index contributed by atoms with van der Waals surface area (Å²) in [5, 5.41) is 15.8. The highest BCUT2D eigenvalue weighted by Gasteiger charge is 2.41. The summed E-state index contributed by atoms with van der Waals surface area (Å²) in [4.78, 5) is 11.9. The average molecular weight is 411 g/mol. The third-order valence-electron chi connectivity index (χ3n) is 4.48. The summed E-state index contributed by atoms with van der Waals surface area (Å²) in [5.74, 6) is -5.40. The van der Waals surface area contributed by atoms with E-state index in [4.69, 9.17) is 5.73 Å². The standard InChI is InChI=1S/C19H14F5N3O2/c20-13-2-1-3-14(21)16(13)12(8-28)15-11(18(25)29)5-4-10(9-6-26-27-7-9)17(15)19(22,23)24/h1-7,12,28H,8H2,(H2,25,29)(H,26,27)/t12-/m0/s1. The number of nitrogens with one attached hydrogen (secondary N) is 1. The minimum Gasteiger partial charge on any atom is -0.395 e. The summed E-state index contributed by atoms with van der Waals surface area (Å²) in [7, 11) is 0. The number of alkyl halides is 3. The van der Waals surface area contributed by atoms with Gasteiger partial charge in [-0.3, -0.25) is 9.89 Å². The van der Waals surface area contributed by atoms with Gasteiger partial charge in [-0.1, -0.05) is 12.1 Å². The van der Waals surface area contributed by atoms with Gasteiger partial charge in [-0.15, -0.1) is 0 Å². The smallest absolute Gasteiger partial charge is 0.395 e. The average Bonchev–Trinajstić information content (AvgIpc) is 3.17. The Morgan fingerprint density at radius 2 is 1.79 bits per heavy atom. The lowest BCUT2D eigenvalue weighted by Crippen LogP contribution is -2.24. The second-order valence-electron chi connectivity index (χ2n) is 6.17. The van der Waals surface area contributed by atoms with Crippen LogP contribution in [0.25, 0.3) is 11.1 Å². The number of primary amides is 1. The normalized spacial score (nSPS) is 12.8. The number of hydrogen-bond acceptors (Lipinski definition) is 3. The number of hydrogen-bond donors (Lipinski definition) is 3. The summed E-state index contributed by atoms with van der Waals surface area (Å²) in [5.41, 5.74) is 1.34. The SMILES string of the molecule is NC(=O)c1ccc(-c2cn[nH]c2)c(C(F)(F)F)c1[C@H](CO)c1c(F)cccc1F. The van der Waals surface area contributed by atoms with Gasteiger partial charge in [-0.25, -0.2) is 8.78 Å². The quantitative estimate of drug-likeness (QED) is 0.561. The molecule has 2 aromatic carbocycles. The first-order chi connectivity index (χ1) is 13.7. The monoisotopic (exact) mass is 411 g/mol. The van der Waals surface area contributed by atoms with Gasteiger partial charge in [0.05, 0.1) is 18.4 Å². The number of carbonyl (C=O) groups excluding carboxylic acids is 1. The molecule has 3 aromatic rings. The van der Waals surface area contributed by atoms with E-state index in [0.717, 1.165) is 36.5 Å². The number of aliphatic hydroxyl groups is 1. The molecule has 0 saturated heterocycles. The molecule has 4 N–H and O–H groups in total. The lowest BCUT2D eigenvalue weighted by molar-refractivity contribution is -0.137. The summed E-state index contributed by atoms with van der Waals surface area (Å²) in [6.45, 7) is -1.10. The molecular weight excluding hydrogens is 397 g/mol. The molecule has 0 spiro atoms. The van der Waals surface area contributed by atoms with Crippen molar-refractivity contribution < 1.29 is 31.9 Å². The molecular formula is C19H14F5N3O2. The molecule has 29 heavy (non-hydrogen) atoms. The van der Waals surface area contributed by atoms with Crippen LogP contribution in [0.3, 0.4) is 0 Å². The fourth-order valence-electron chi connectivity index (χ4n) is 3.31. The molecule has 1 amide bonds. The minimum atomic E-state index is -5.04. The highest BCUT2D eigenvalue weighted by Crippen LogP contribution is 2.45. The van der Waals surface area contributed by atoms with Gasteiger partial charge in [0.1, 0.15) is 11.6 Å². The predicted molar refractivity (Wildman–Crippen MR) is 92.8 cm³/mol. The number of carbonyl (C=O) groups is 1. The van der Waals surface area contributed by atoms with Gasteiger partial charge in [-0.05, 0) is 29.3 Å². The first-order valence-corrected chi connectivity index (χ1v) is 8.24. The van der Waals surface area contributed by atoms with E-state index in [1.54, 1.807) is 0 Å². The molecule has 0 saturated carbocycles. The molecule has 1 aromatic heterocycles. The van der Waals surface area contributed by atoms with Crippen molar-refractivity contribution in [3.63, 3.8) is 0 Å². The molecule has 10 heteroatoms. The van der Waals surface area contributed by atoms with Crippen molar-refractivity contribution in [2.45, 2.75) is 12.1 Å². The predicted octanol–water partition coefficient (Wildman–Crippen LogP) is 3.60. The molecule has 0 aliphatic carbocycles. The number of rotatable bonds is 5. The minimum absolute atomic E-state index is 0.0280. The number of nitrogens with zero attached hydrogens (tertiary/aromatic N) is 1. The molecule has 0 aliphatic rings. The van der Waals surface area contributed by atoms with Crippen LogP contribution in [-0.2, 0) is 6.18 Å². The Kier molecular flexibility index (Phi) is 5.38. The van der Waals surface area contributed by atoms with Crippen molar-refractivity contribution in [1.29, 1.82) is 0 Å².